The van der Waals surface area contributed by atoms with Crippen LogP contribution in [-0.2, 0) is 11.8 Å². The van der Waals surface area contributed by atoms with Gasteiger partial charge in [-0.2, -0.15) is 5.10 Å². The molecule has 2 heterocycles. The van der Waals surface area contributed by atoms with Crippen LogP contribution in [0.5, 0.6) is 0 Å². The summed E-state index contributed by atoms with van der Waals surface area (Å²) in [5, 5.41) is 9.26. The van der Waals surface area contributed by atoms with E-state index >= 15 is 0 Å². The highest BCUT2D eigenvalue weighted by molar-refractivity contribution is 5.98. The smallest absolute Gasteiger partial charge is 0.269 e. The molecule has 1 aromatic carbocycles. The van der Waals surface area contributed by atoms with Crippen molar-refractivity contribution in [3.05, 3.63) is 66.2 Å². The number of hydrogen-bond acceptors (Lipinski definition) is 4. The van der Waals surface area contributed by atoms with Crippen LogP contribution < -0.4 is 10.6 Å². The maximum atomic E-state index is 12.0. The molecular weight excluding hydrogens is 330 g/mol. The molecule has 0 radical (unpaired) electrons. The minimum atomic E-state index is -0.344. The molecule has 0 aliphatic carbocycles. The van der Waals surface area contributed by atoms with Crippen LogP contribution in [0, 0.1) is 6.92 Å². The van der Waals surface area contributed by atoms with Gasteiger partial charge in [-0.3, -0.25) is 19.3 Å². The molecule has 0 atom stereocenters. The molecule has 0 aliphatic heterocycles. The van der Waals surface area contributed by atoms with E-state index in [-0.39, 0.29) is 18.4 Å². The van der Waals surface area contributed by atoms with Gasteiger partial charge in [0.15, 0.2) is 0 Å². The summed E-state index contributed by atoms with van der Waals surface area (Å²) in [4.78, 5) is 28.1. The van der Waals surface area contributed by atoms with Gasteiger partial charge in [0.1, 0.15) is 5.69 Å². The summed E-state index contributed by atoms with van der Waals surface area (Å²) in [5.41, 5.74) is 4.30. The normalized spacial score (nSPS) is 10.4. The molecule has 0 saturated heterocycles. The monoisotopic (exact) mass is 349 g/mol. The van der Waals surface area contributed by atoms with Crippen LogP contribution >= 0.6 is 0 Å². The Morgan fingerprint density at radius 3 is 2.50 bits per heavy atom. The molecule has 26 heavy (non-hydrogen) atoms. The third-order valence-electron chi connectivity index (χ3n) is 3.96. The molecule has 0 fully saturated rings. The summed E-state index contributed by atoms with van der Waals surface area (Å²) in [5.74, 6) is -0.642. The zero-order valence-corrected chi connectivity index (χ0v) is 14.6. The molecule has 3 rings (SSSR count). The number of anilines is 1. The van der Waals surface area contributed by atoms with Crippen molar-refractivity contribution in [1.82, 2.24) is 20.1 Å². The lowest BCUT2D eigenvalue weighted by atomic mass is 10.0. The lowest BCUT2D eigenvalue weighted by molar-refractivity contribution is -0.115. The molecule has 0 spiro atoms. The van der Waals surface area contributed by atoms with Crippen LogP contribution in [-0.4, -0.2) is 33.1 Å². The molecule has 2 amide bonds. The Labute approximate surface area is 151 Å². The number of rotatable bonds is 5. The fourth-order valence-electron chi connectivity index (χ4n) is 2.58. The quantitative estimate of drug-likeness (QED) is 0.739. The largest absolute Gasteiger partial charge is 0.342 e. The average molecular weight is 349 g/mol. The molecule has 132 valence electrons. The fraction of sp³-hybridized carbons (Fsp3) is 0.158. The van der Waals surface area contributed by atoms with E-state index in [9.17, 15) is 9.59 Å². The Morgan fingerprint density at radius 1 is 1.08 bits per heavy atom. The molecule has 2 N–H and O–H groups in total. The number of nitrogens with one attached hydrogen (secondary N) is 2. The van der Waals surface area contributed by atoms with Crippen LogP contribution in [0.4, 0.5) is 5.69 Å². The SMILES string of the molecule is Cc1cnccc1-c1ccc(NC(=O)CNC(=O)c2ccnn2C)cc1. The van der Waals surface area contributed by atoms with Crippen molar-refractivity contribution >= 4 is 17.5 Å². The molecule has 7 nitrogen and oxygen atoms in total. The van der Waals surface area contributed by atoms with Gasteiger partial charge < -0.3 is 10.6 Å². The molecule has 0 bridgehead atoms. The first kappa shape index (κ1) is 17.3. The topological polar surface area (TPSA) is 88.9 Å². The van der Waals surface area contributed by atoms with Crippen LogP contribution in [0.2, 0.25) is 0 Å². The van der Waals surface area contributed by atoms with E-state index in [4.69, 9.17) is 0 Å². The highest BCUT2D eigenvalue weighted by Crippen LogP contribution is 2.23. The second-order valence-electron chi connectivity index (χ2n) is 5.84. The van der Waals surface area contributed by atoms with Crippen molar-refractivity contribution < 1.29 is 9.59 Å². The first-order valence-corrected chi connectivity index (χ1v) is 8.11. The Bertz CT molecular complexity index is 931. The summed E-state index contributed by atoms with van der Waals surface area (Å²) >= 11 is 0. The molecule has 7 heteroatoms. The van der Waals surface area contributed by atoms with E-state index in [1.165, 1.54) is 10.9 Å². The summed E-state index contributed by atoms with van der Waals surface area (Å²) in [6, 6.07) is 11.1. The van der Waals surface area contributed by atoms with Crippen molar-refractivity contribution in [1.29, 1.82) is 0 Å². The zero-order chi connectivity index (χ0) is 18.5. The van der Waals surface area contributed by atoms with Gasteiger partial charge in [0.05, 0.1) is 6.54 Å². The first-order valence-electron chi connectivity index (χ1n) is 8.11. The summed E-state index contributed by atoms with van der Waals surface area (Å²) < 4.78 is 1.45. The van der Waals surface area contributed by atoms with E-state index in [1.807, 2.05) is 43.5 Å². The van der Waals surface area contributed by atoms with Crippen molar-refractivity contribution in [2.45, 2.75) is 6.92 Å². The number of benzene rings is 1. The molecule has 3 aromatic rings. The van der Waals surface area contributed by atoms with Crippen LogP contribution in [0.3, 0.4) is 0 Å². The highest BCUT2D eigenvalue weighted by Gasteiger charge is 2.11. The van der Waals surface area contributed by atoms with Gasteiger partial charge in [0.2, 0.25) is 5.91 Å². The van der Waals surface area contributed by atoms with E-state index in [0.29, 0.717) is 11.4 Å². The van der Waals surface area contributed by atoms with Crippen LogP contribution in [0.1, 0.15) is 16.1 Å². The zero-order valence-electron chi connectivity index (χ0n) is 14.6. The Hall–Kier alpha value is -3.48. The summed E-state index contributed by atoms with van der Waals surface area (Å²) in [6.45, 7) is 1.89. The minimum Gasteiger partial charge on any atom is -0.342 e. The molecule has 0 saturated carbocycles. The van der Waals surface area contributed by atoms with Crippen molar-refractivity contribution in [3.63, 3.8) is 0 Å². The fourth-order valence-corrected chi connectivity index (χ4v) is 2.58. The van der Waals surface area contributed by atoms with Crippen molar-refractivity contribution in [3.8, 4) is 11.1 Å². The number of carbonyl (C=O) groups excluding carboxylic acids is 2. The van der Waals surface area contributed by atoms with E-state index in [0.717, 1.165) is 16.7 Å². The number of aryl methyl sites for hydroxylation is 2. The molecule has 0 aliphatic rings. The second kappa shape index (κ2) is 7.60. The number of hydrogen-bond donors (Lipinski definition) is 2. The summed E-state index contributed by atoms with van der Waals surface area (Å²) in [7, 11) is 1.67. The lowest BCUT2D eigenvalue weighted by Gasteiger charge is -2.09. The minimum absolute atomic E-state index is 0.116. The van der Waals surface area contributed by atoms with Crippen molar-refractivity contribution in [2.24, 2.45) is 7.05 Å². The number of carbonyl (C=O) groups is 2. The summed E-state index contributed by atoms with van der Waals surface area (Å²) in [6.07, 6.45) is 5.10. The maximum absolute atomic E-state index is 12.0. The van der Waals surface area contributed by atoms with Gasteiger partial charge in [-0.25, -0.2) is 0 Å². The number of aromatic nitrogens is 3. The Balaban J connectivity index is 1.57. The van der Waals surface area contributed by atoms with Gasteiger partial charge in [-0.1, -0.05) is 12.1 Å². The number of nitrogens with zero attached hydrogens (tertiary/aromatic N) is 3. The van der Waals surface area contributed by atoms with E-state index in [2.05, 4.69) is 20.7 Å². The Kier molecular flexibility index (Phi) is 5.07. The maximum Gasteiger partial charge on any atom is 0.269 e. The van der Waals surface area contributed by atoms with Gasteiger partial charge in [0.25, 0.3) is 5.91 Å². The molecular formula is C19H19N5O2. The van der Waals surface area contributed by atoms with Gasteiger partial charge >= 0.3 is 0 Å². The second-order valence-corrected chi connectivity index (χ2v) is 5.84. The Morgan fingerprint density at radius 2 is 1.85 bits per heavy atom. The van der Waals surface area contributed by atoms with Crippen LogP contribution in [0.15, 0.2) is 55.0 Å². The average Bonchev–Trinajstić information content (AvgIpc) is 3.07. The third kappa shape index (κ3) is 3.94. The van der Waals surface area contributed by atoms with Gasteiger partial charge in [-0.05, 0) is 47.9 Å². The number of amides is 2. The predicted octanol–water partition coefficient (Wildman–Crippen LogP) is 2.16. The standard InChI is InChI=1S/C19H19N5O2/c1-13-11-20-9-7-16(13)14-3-5-15(6-4-14)23-18(25)12-21-19(26)17-8-10-22-24(17)2/h3-11H,12H2,1-2H3,(H,21,26)(H,23,25). The third-order valence-corrected chi connectivity index (χ3v) is 3.96. The first-order chi connectivity index (χ1) is 12.5. The molecule has 2 aromatic heterocycles. The van der Waals surface area contributed by atoms with Crippen LogP contribution in [0.25, 0.3) is 11.1 Å². The van der Waals surface area contributed by atoms with Gasteiger partial charge in [0, 0.05) is 31.3 Å². The predicted molar refractivity (Wildman–Crippen MR) is 98.6 cm³/mol. The van der Waals surface area contributed by atoms with Gasteiger partial charge in [-0.15, -0.1) is 0 Å². The lowest BCUT2D eigenvalue weighted by Crippen LogP contribution is -2.33. The van der Waals surface area contributed by atoms with Crippen molar-refractivity contribution in [2.75, 3.05) is 11.9 Å². The van der Waals surface area contributed by atoms with E-state index < -0.39 is 0 Å². The molecule has 0 unspecified atom stereocenters. The number of pyridine rings is 1. The van der Waals surface area contributed by atoms with E-state index in [1.54, 1.807) is 19.3 Å². The highest BCUT2D eigenvalue weighted by atomic mass is 16.2.